The van der Waals surface area contributed by atoms with E-state index in [1.807, 2.05) is 13.0 Å². The van der Waals surface area contributed by atoms with E-state index in [4.69, 9.17) is 0 Å². The number of unbranched alkanes of at least 4 members (excludes halogenated alkanes) is 1. The fourth-order valence-corrected chi connectivity index (χ4v) is 4.61. The first kappa shape index (κ1) is 28.2. The van der Waals surface area contributed by atoms with Crippen LogP contribution in [-0.2, 0) is 26.2 Å². The monoisotopic (exact) mass is 568 g/mol. The molecule has 10 nitrogen and oxygen atoms in total. The van der Waals surface area contributed by atoms with Gasteiger partial charge in [-0.3, -0.25) is 24.0 Å². The van der Waals surface area contributed by atoms with E-state index in [9.17, 15) is 28.1 Å². The number of amides is 2. The predicted octanol–water partition coefficient (Wildman–Crippen LogP) is 3.46. The topological polar surface area (TPSA) is 130 Å². The Labute approximate surface area is 213 Å². The number of benzene rings is 2. The van der Waals surface area contributed by atoms with Gasteiger partial charge in [-0.1, -0.05) is 47.5 Å². The van der Waals surface area contributed by atoms with Gasteiger partial charge in [-0.2, -0.15) is 0 Å². The number of nitro groups is 1. The van der Waals surface area contributed by atoms with Crippen molar-refractivity contribution in [3.8, 4) is 0 Å². The summed E-state index contributed by atoms with van der Waals surface area (Å²) in [5.41, 5.74) is 0.415. The first-order chi connectivity index (χ1) is 16.4. The van der Waals surface area contributed by atoms with Crippen LogP contribution in [-0.4, -0.2) is 55.4 Å². The van der Waals surface area contributed by atoms with Crippen molar-refractivity contribution in [3.63, 3.8) is 0 Å². The van der Waals surface area contributed by atoms with E-state index >= 15 is 0 Å². The Bertz CT molecular complexity index is 1170. The Morgan fingerprint density at radius 3 is 2.46 bits per heavy atom. The number of halogens is 1. The molecule has 0 radical (unpaired) electrons. The van der Waals surface area contributed by atoms with Crippen molar-refractivity contribution < 1.29 is 22.9 Å². The highest BCUT2D eigenvalue weighted by atomic mass is 79.9. The van der Waals surface area contributed by atoms with Crippen LogP contribution in [0.25, 0.3) is 0 Å². The smallest absolute Gasteiger partial charge is 0.271 e. The number of sulfonamides is 1. The largest absolute Gasteiger partial charge is 0.354 e. The number of non-ortho nitro benzene ring substituents is 1. The van der Waals surface area contributed by atoms with Crippen LogP contribution in [0.15, 0.2) is 53.0 Å². The summed E-state index contributed by atoms with van der Waals surface area (Å²) in [7, 11) is -3.98. The van der Waals surface area contributed by atoms with Crippen LogP contribution < -0.4 is 9.62 Å². The summed E-state index contributed by atoms with van der Waals surface area (Å²) in [4.78, 5) is 38.1. The van der Waals surface area contributed by atoms with Crippen LogP contribution in [0.3, 0.4) is 0 Å². The number of carbonyl (C=O) groups is 2. The maximum Gasteiger partial charge on any atom is 0.271 e. The van der Waals surface area contributed by atoms with E-state index < -0.39 is 33.4 Å². The van der Waals surface area contributed by atoms with Crippen molar-refractivity contribution in [1.29, 1.82) is 0 Å². The lowest BCUT2D eigenvalue weighted by atomic mass is 10.1. The third kappa shape index (κ3) is 8.32. The van der Waals surface area contributed by atoms with Gasteiger partial charge in [0, 0.05) is 29.7 Å². The van der Waals surface area contributed by atoms with Crippen molar-refractivity contribution in [2.24, 2.45) is 0 Å². The Morgan fingerprint density at radius 2 is 1.86 bits per heavy atom. The molecule has 1 unspecified atom stereocenters. The Hall–Kier alpha value is -2.99. The molecule has 0 fully saturated rings. The van der Waals surface area contributed by atoms with E-state index in [0.29, 0.717) is 6.54 Å². The maximum absolute atomic E-state index is 13.5. The molecule has 190 valence electrons. The number of hydrogen-bond acceptors (Lipinski definition) is 6. The van der Waals surface area contributed by atoms with Gasteiger partial charge in [0.05, 0.1) is 16.9 Å². The lowest BCUT2D eigenvalue weighted by Crippen LogP contribution is -2.51. The summed E-state index contributed by atoms with van der Waals surface area (Å²) >= 11 is 3.39. The van der Waals surface area contributed by atoms with Gasteiger partial charge in [-0.25, -0.2) is 8.42 Å². The van der Waals surface area contributed by atoms with Gasteiger partial charge < -0.3 is 10.2 Å². The normalized spacial score (nSPS) is 12.0. The molecule has 2 amide bonds. The Morgan fingerprint density at radius 1 is 1.17 bits per heavy atom. The molecule has 0 spiro atoms. The number of nitrogens with zero attached hydrogens (tertiary/aromatic N) is 3. The zero-order valence-electron chi connectivity index (χ0n) is 19.8. The van der Waals surface area contributed by atoms with Gasteiger partial charge in [0.15, 0.2) is 0 Å². The van der Waals surface area contributed by atoms with E-state index in [-0.39, 0.29) is 23.8 Å². The second-order valence-electron chi connectivity index (χ2n) is 8.02. The molecule has 0 saturated heterocycles. The van der Waals surface area contributed by atoms with Crippen LogP contribution in [0.1, 0.15) is 32.3 Å². The molecule has 0 heterocycles. The molecular weight excluding hydrogens is 540 g/mol. The minimum absolute atomic E-state index is 0.0162. The maximum atomic E-state index is 13.5. The van der Waals surface area contributed by atoms with E-state index in [2.05, 4.69) is 21.2 Å². The fraction of sp³-hybridized carbons (Fsp3) is 0.391. The van der Waals surface area contributed by atoms with Crippen LogP contribution in [0.2, 0.25) is 0 Å². The summed E-state index contributed by atoms with van der Waals surface area (Å²) in [6.45, 7) is 3.47. The number of nitro benzene ring substituents is 1. The standard InChI is InChI=1S/C23H29BrN4O6S/c1-4-5-12-25-23(30)17(2)26(15-18-8-6-9-19(24)13-18)22(29)16-27(35(3,33)34)20-10-7-11-21(14-20)28(31)32/h6-11,13-14,17H,4-5,12,15-16H2,1-3H3,(H,25,30). The average Bonchev–Trinajstić information content (AvgIpc) is 2.79. The molecule has 0 saturated carbocycles. The number of hydrogen-bond donors (Lipinski definition) is 1. The lowest BCUT2D eigenvalue weighted by molar-refractivity contribution is -0.384. The molecule has 2 rings (SSSR count). The summed E-state index contributed by atoms with van der Waals surface area (Å²) in [5.74, 6) is -0.983. The molecule has 0 bridgehead atoms. The molecular formula is C23H29BrN4O6S. The first-order valence-electron chi connectivity index (χ1n) is 11.0. The lowest BCUT2D eigenvalue weighted by Gasteiger charge is -2.31. The van der Waals surface area contributed by atoms with Gasteiger partial charge in [-0.15, -0.1) is 0 Å². The van der Waals surface area contributed by atoms with Gasteiger partial charge in [0.2, 0.25) is 21.8 Å². The highest BCUT2D eigenvalue weighted by molar-refractivity contribution is 9.10. The molecule has 12 heteroatoms. The van der Waals surface area contributed by atoms with Gasteiger partial charge in [0.1, 0.15) is 12.6 Å². The number of carbonyl (C=O) groups excluding carboxylic acids is 2. The molecule has 2 aromatic rings. The first-order valence-corrected chi connectivity index (χ1v) is 13.6. The zero-order valence-corrected chi connectivity index (χ0v) is 22.2. The number of rotatable bonds is 12. The molecule has 1 atom stereocenters. The highest BCUT2D eigenvalue weighted by Crippen LogP contribution is 2.24. The van der Waals surface area contributed by atoms with E-state index in [0.717, 1.165) is 39.5 Å². The summed E-state index contributed by atoms with van der Waals surface area (Å²) in [5, 5.41) is 14.0. The van der Waals surface area contributed by atoms with Crippen molar-refractivity contribution >= 4 is 49.1 Å². The Balaban J connectivity index is 2.39. The van der Waals surface area contributed by atoms with Gasteiger partial charge >= 0.3 is 0 Å². The number of anilines is 1. The molecule has 0 aliphatic heterocycles. The fourth-order valence-electron chi connectivity index (χ4n) is 3.33. The summed E-state index contributed by atoms with van der Waals surface area (Å²) in [6, 6.07) is 11.4. The molecule has 2 aromatic carbocycles. The van der Waals surface area contributed by atoms with Crippen molar-refractivity contribution in [1.82, 2.24) is 10.2 Å². The van der Waals surface area contributed by atoms with E-state index in [1.54, 1.807) is 25.1 Å². The van der Waals surface area contributed by atoms with Crippen molar-refractivity contribution in [2.45, 2.75) is 39.3 Å². The number of nitrogens with one attached hydrogen (secondary N) is 1. The molecule has 0 aromatic heterocycles. The third-order valence-corrected chi connectivity index (χ3v) is 6.88. The second-order valence-corrected chi connectivity index (χ2v) is 10.8. The third-order valence-electron chi connectivity index (χ3n) is 5.25. The summed E-state index contributed by atoms with van der Waals surface area (Å²) < 4.78 is 26.7. The highest BCUT2D eigenvalue weighted by Gasteiger charge is 2.30. The van der Waals surface area contributed by atoms with Crippen LogP contribution in [0.4, 0.5) is 11.4 Å². The van der Waals surface area contributed by atoms with Crippen LogP contribution >= 0.6 is 15.9 Å². The van der Waals surface area contributed by atoms with Crippen LogP contribution in [0, 0.1) is 10.1 Å². The molecule has 0 aliphatic rings. The zero-order chi connectivity index (χ0) is 26.2. The summed E-state index contributed by atoms with van der Waals surface area (Å²) in [6.07, 6.45) is 2.59. The van der Waals surface area contributed by atoms with Crippen LogP contribution in [0.5, 0.6) is 0 Å². The van der Waals surface area contributed by atoms with Gasteiger partial charge in [-0.05, 0) is 37.1 Å². The SMILES string of the molecule is CCCCNC(=O)C(C)N(Cc1cccc(Br)c1)C(=O)CN(c1cccc([N+](=O)[O-])c1)S(C)(=O)=O. The molecule has 1 N–H and O–H groups in total. The molecule has 0 aliphatic carbocycles. The van der Waals surface area contributed by atoms with Gasteiger partial charge in [0.25, 0.3) is 5.69 Å². The van der Waals surface area contributed by atoms with Crippen molar-refractivity contribution in [2.75, 3.05) is 23.7 Å². The minimum Gasteiger partial charge on any atom is -0.354 e. The average molecular weight is 569 g/mol. The Kier molecular flexibility index (Phi) is 10.2. The quantitative estimate of drug-likeness (QED) is 0.237. The predicted molar refractivity (Wildman–Crippen MR) is 137 cm³/mol. The molecule has 35 heavy (non-hydrogen) atoms. The minimum atomic E-state index is -3.98. The van der Waals surface area contributed by atoms with E-state index in [1.165, 1.54) is 23.1 Å². The van der Waals surface area contributed by atoms with Crippen molar-refractivity contribution in [3.05, 3.63) is 68.7 Å². The second kappa shape index (κ2) is 12.6.